The molecule has 0 radical (unpaired) electrons. The number of carbonyl (C=O) groups excluding carboxylic acids is 3. The van der Waals surface area contributed by atoms with E-state index in [1.807, 2.05) is 48.5 Å². The fraction of sp³-hybridized carbons (Fsp3) is 0.400. The van der Waals surface area contributed by atoms with Gasteiger partial charge in [-0.2, -0.15) is 0 Å². The molecule has 2 amide bonds. The number of anilines is 2. The van der Waals surface area contributed by atoms with E-state index in [0.717, 1.165) is 24.2 Å². The number of rotatable bonds is 9. The van der Waals surface area contributed by atoms with Crippen LogP contribution in [0.15, 0.2) is 48.5 Å². The first-order valence-corrected chi connectivity index (χ1v) is 11.0. The highest BCUT2D eigenvalue weighted by molar-refractivity contribution is 6.01. The number of nitrogens with one attached hydrogen (secondary N) is 1. The van der Waals surface area contributed by atoms with Gasteiger partial charge in [-0.05, 0) is 37.0 Å². The summed E-state index contributed by atoms with van der Waals surface area (Å²) in [5, 5.41) is 2.95. The molecule has 1 fully saturated rings. The fourth-order valence-electron chi connectivity index (χ4n) is 3.99. The zero-order valence-electron chi connectivity index (χ0n) is 18.1. The predicted molar refractivity (Wildman–Crippen MR) is 123 cm³/mol. The summed E-state index contributed by atoms with van der Waals surface area (Å²) in [6, 6.07) is 15.3. The monoisotopic (exact) mass is 421 g/mol. The molecule has 31 heavy (non-hydrogen) atoms. The Kier molecular flexibility index (Phi) is 7.82. The quantitative estimate of drug-likeness (QED) is 0.600. The first-order chi connectivity index (χ1) is 15.0. The molecular weight excluding hydrogens is 390 g/mol. The normalized spacial score (nSPS) is 14.3. The average Bonchev–Trinajstić information content (AvgIpc) is 2.78. The van der Waals surface area contributed by atoms with Crippen molar-refractivity contribution in [3.63, 3.8) is 0 Å². The molecule has 1 aliphatic rings. The van der Waals surface area contributed by atoms with Crippen LogP contribution in [0.1, 0.15) is 54.9 Å². The van der Waals surface area contributed by atoms with Crippen LogP contribution in [0, 0.1) is 5.92 Å². The maximum atomic E-state index is 12.5. The Balaban J connectivity index is 1.55. The van der Waals surface area contributed by atoms with Gasteiger partial charge in [0.05, 0.1) is 11.4 Å². The van der Waals surface area contributed by atoms with Crippen LogP contribution in [0.3, 0.4) is 0 Å². The van der Waals surface area contributed by atoms with Crippen LogP contribution in [0.4, 0.5) is 11.4 Å². The molecule has 1 aliphatic heterocycles. The molecule has 3 rings (SSSR count). The fourth-order valence-corrected chi connectivity index (χ4v) is 3.99. The van der Waals surface area contributed by atoms with Gasteiger partial charge >= 0.3 is 0 Å². The summed E-state index contributed by atoms with van der Waals surface area (Å²) in [6.07, 6.45) is 3.79. The number of piperidine rings is 1. The molecule has 0 unspecified atom stereocenters. The highest BCUT2D eigenvalue weighted by atomic mass is 16.2. The van der Waals surface area contributed by atoms with E-state index >= 15 is 0 Å². The maximum absolute atomic E-state index is 12.5. The molecule has 0 aliphatic carbocycles. The predicted octanol–water partition coefficient (Wildman–Crippen LogP) is 3.94. The van der Waals surface area contributed by atoms with Crippen molar-refractivity contribution in [2.24, 2.45) is 11.7 Å². The number of nitrogens with zero attached hydrogens (tertiary/aromatic N) is 1. The molecular formula is C25H31N3O3. The number of carbonyl (C=O) groups is 3. The Labute approximate surface area is 183 Å². The highest BCUT2D eigenvalue weighted by Crippen LogP contribution is 2.30. The lowest BCUT2D eigenvalue weighted by Crippen LogP contribution is -2.38. The molecule has 1 saturated heterocycles. The number of hydrogen-bond donors (Lipinski definition) is 2. The van der Waals surface area contributed by atoms with E-state index in [4.69, 9.17) is 5.73 Å². The van der Waals surface area contributed by atoms with E-state index in [1.54, 1.807) is 0 Å². The minimum atomic E-state index is -0.245. The van der Waals surface area contributed by atoms with E-state index in [1.165, 1.54) is 5.56 Å². The van der Waals surface area contributed by atoms with E-state index in [0.29, 0.717) is 31.5 Å². The molecule has 6 nitrogen and oxygen atoms in total. The van der Waals surface area contributed by atoms with Crippen molar-refractivity contribution in [3.8, 4) is 0 Å². The second-order valence-electron chi connectivity index (χ2n) is 8.10. The third-order valence-corrected chi connectivity index (χ3v) is 5.81. The van der Waals surface area contributed by atoms with Crippen molar-refractivity contribution < 1.29 is 14.4 Å². The number of hydrogen-bond acceptors (Lipinski definition) is 4. The van der Waals surface area contributed by atoms with Crippen molar-refractivity contribution in [2.45, 2.75) is 45.4 Å². The molecule has 0 aromatic heterocycles. The van der Waals surface area contributed by atoms with E-state index in [-0.39, 0.29) is 36.4 Å². The van der Waals surface area contributed by atoms with Crippen LogP contribution in [0.25, 0.3) is 0 Å². The van der Waals surface area contributed by atoms with Crippen LogP contribution in [-0.2, 0) is 16.0 Å². The van der Waals surface area contributed by atoms with Gasteiger partial charge in [-0.25, -0.2) is 0 Å². The zero-order chi connectivity index (χ0) is 22.2. The standard InChI is InChI=1S/C25H31N3O3/c1-2-5-18-8-10-19(11-9-18)23(29)12-13-24(30)27-21-6-3-4-7-22(21)28-16-14-20(15-17-28)25(26)31/h3-4,6-11,20H,2,5,12-17H2,1H3,(H2,26,31)(H,27,30). The van der Waals surface area contributed by atoms with Gasteiger partial charge in [0.25, 0.3) is 0 Å². The Hall–Kier alpha value is -3.15. The second-order valence-corrected chi connectivity index (χ2v) is 8.10. The van der Waals surface area contributed by atoms with E-state index in [9.17, 15) is 14.4 Å². The van der Waals surface area contributed by atoms with Gasteiger partial charge in [0, 0.05) is 37.4 Å². The van der Waals surface area contributed by atoms with Gasteiger partial charge in [0.15, 0.2) is 5.78 Å². The van der Waals surface area contributed by atoms with Crippen molar-refractivity contribution in [1.29, 1.82) is 0 Å². The van der Waals surface area contributed by atoms with E-state index < -0.39 is 0 Å². The van der Waals surface area contributed by atoms with Gasteiger partial charge in [-0.3, -0.25) is 14.4 Å². The number of nitrogens with two attached hydrogens (primary N) is 1. The summed E-state index contributed by atoms with van der Waals surface area (Å²) in [5.41, 5.74) is 8.94. The summed E-state index contributed by atoms with van der Waals surface area (Å²) < 4.78 is 0. The van der Waals surface area contributed by atoms with Crippen LogP contribution in [0.5, 0.6) is 0 Å². The number of benzene rings is 2. The summed E-state index contributed by atoms with van der Waals surface area (Å²) >= 11 is 0. The molecule has 0 saturated carbocycles. The van der Waals surface area contributed by atoms with Gasteiger partial charge < -0.3 is 16.0 Å². The molecule has 0 atom stereocenters. The number of aryl methyl sites for hydroxylation is 1. The lowest BCUT2D eigenvalue weighted by atomic mass is 9.96. The molecule has 0 bridgehead atoms. The maximum Gasteiger partial charge on any atom is 0.224 e. The van der Waals surface area contributed by atoms with Crippen molar-refractivity contribution in [2.75, 3.05) is 23.3 Å². The lowest BCUT2D eigenvalue weighted by Gasteiger charge is -2.33. The van der Waals surface area contributed by atoms with Crippen molar-refractivity contribution in [1.82, 2.24) is 0 Å². The Morgan fingerprint density at radius 1 is 1.00 bits per heavy atom. The van der Waals surface area contributed by atoms with Crippen molar-refractivity contribution in [3.05, 3.63) is 59.7 Å². The van der Waals surface area contributed by atoms with Gasteiger partial charge in [-0.1, -0.05) is 49.7 Å². The highest BCUT2D eigenvalue weighted by Gasteiger charge is 2.24. The van der Waals surface area contributed by atoms with Crippen molar-refractivity contribution >= 4 is 29.0 Å². The summed E-state index contributed by atoms with van der Waals surface area (Å²) in [7, 11) is 0. The van der Waals surface area contributed by atoms with E-state index in [2.05, 4.69) is 17.1 Å². The van der Waals surface area contributed by atoms with Crippen LogP contribution in [-0.4, -0.2) is 30.7 Å². The van der Waals surface area contributed by atoms with Crippen LogP contribution >= 0.6 is 0 Å². The minimum Gasteiger partial charge on any atom is -0.370 e. The molecule has 0 spiro atoms. The molecule has 2 aromatic carbocycles. The first-order valence-electron chi connectivity index (χ1n) is 11.0. The molecule has 3 N–H and O–H groups in total. The van der Waals surface area contributed by atoms with Crippen LogP contribution < -0.4 is 16.0 Å². The number of ketones is 1. The Bertz CT molecular complexity index is 916. The number of amides is 2. The number of Topliss-reactive ketones (excluding diaryl/α,β-unsaturated/α-hetero) is 1. The summed E-state index contributed by atoms with van der Waals surface area (Å²) in [5.74, 6) is -0.540. The lowest BCUT2D eigenvalue weighted by molar-refractivity contribution is -0.122. The molecule has 164 valence electrons. The Morgan fingerprint density at radius 2 is 1.68 bits per heavy atom. The molecule has 2 aromatic rings. The average molecular weight is 422 g/mol. The minimum absolute atomic E-state index is 0.0278. The molecule has 6 heteroatoms. The largest absolute Gasteiger partial charge is 0.370 e. The number of para-hydroxylation sites is 2. The molecule has 1 heterocycles. The smallest absolute Gasteiger partial charge is 0.224 e. The van der Waals surface area contributed by atoms with Gasteiger partial charge in [0.1, 0.15) is 0 Å². The first kappa shape index (κ1) is 22.5. The summed E-state index contributed by atoms with van der Waals surface area (Å²) in [6.45, 7) is 3.55. The SMILES string of the molecule is CCCc1ccc(C(=O)CCC(=O)Nc2ccccc2N2CCC(C(N)=O)CC2)cc1. The van der Waals surface area contributed by atoms with Gasteiger partial charge in [0.2, 0.25) is 11.8 Å². The Morgan fingerprint density at radius 3 is 2.32 bits per heavy atom. The van der Waals surface area contributed by atoms with Gasteiger partial charge in [-0.15, -0.1) is 0 Å². The zero-order valence-corrected chi connectivity index (χ0v) is 18.1. The summed E-state index contributed by atoms with van der Waals surface area (Å²) in [4.78, 5) is 38.5. The number of primary amides is 1. The second kappa shape index (κ2) is 10.8. The third-order valence-electron chi connectivity index (χ3n) is 5.81. The van der Waals surface area contributed by atoms with Crippen LogP contribution in [0.2, 0.25) is 0 Å². The topological polar surface area (TPSA) is 92.5 Å². The third kappa shape index (κ3) is 6.17.